The third-order valence-electron chi connectivity index (χ3n) is 6.97. The maximum atomic E-state index is 13.2. The van der Waals surface area contributed by atoms with Gasteiger partial charge in [-0.05, 0) is 71.2 Å². The van der Waals surface area contributed by atoms with Crippen LogP contribution in [0.4, 0.5) is 5.69 Å². The summed E-state index contributed by atoms with van der Waals surface area (Å²) in [5, 5.41) is 9.22. The number of hydrogen-bond acceptors (Lipinski definition) is 5. The molecular formula is C27H34N6O. The lowest BCUT2D eigenvalue weighted by Gasteiger charge is -2.49. The molecule has 1 aliphatic rings. The Hall–Kier alpha value is -3.19. The number of hydrogen-bond donors (Lipinski definition) is 1. The first-order valence-electron chi connectivity index (χ1n) is 11.9. The number of nitrogens with zero attached hydrogens (tertiary/aromatic N) is 5. The highest BCUT2D eigenvalue weighted by molar-refractivity contribution is 5.83. The zero-order valence-corrected chi connectivity index (χ0v) is 21.2. The summed E-state index contributed by atoms with van der Waals surface area (Å²) in [5.74, 6) is 0. The smallest absolute Gasteiger partial charge is 0.258 e. The van der Waals surface area contributed by atoms with E-state index >= 15 is 0 Å². The highest BCUT2D eigenvalue weighted by Crippen LogP contribution is 2.33. The number of benzene rings is 1. The molecule has 4 heterocycles. The Labute approximate surface area is 200 Å². The quantitative estimate of drug-likeness (QED) is 0.496. The number of rotatable bonds is 3. The molecule has 0 aliphatic carbocycles. The van der Waals surface area contributed by atoms with E-state index in [-0.39, 0.29) is 16.6 Å². The van der Waals surface area contributed by atoms with Gasteiger partial charge in [-0.1, -0.05) is 6.07 Å². The molecule has 0 bridgehead atoms. The Morgan fingerprint density at radius 2 is 1.76 bits per heavy atom. The molecule has 7 nitrogen and oxygen atoms in total. The highest BCUT2D eigenvalue weighted by Gasteiger charge is 2.39. The molecule has 7 heteroatoms. The Morgan fingerprint density at radius 1 is 1.06 bits per heavy atom. The highest BCUT2D eigenvalue weighted by atomic mass is 16.1. The van der Waals surface area contributed by atoms with Crippen LogP contribution in [0.1, 0.15) is 46.1 Å². The van der Waals surface area contributed by atoms with E-state index in [0.717, 1.165) is 40.6 Å². The van der Waals surface area contributed by atoms with Crippen molar-refractivity contribution in [2.45, 2.75) is 64.6 Å². The summed E-state index contributed by atoms with van der Waals surface area (Å²) < 4.78 is 3.48. The second kappa shape index (κ2) is 7.67. The Balaban J connectivity index is 1.54. The van der Waals surface area contributed by atoms with Crippen LogP contribution in [-0.2, 0) is 7.05 Å². The van der Waals surface area contributed by atoms with Crippen LogP contribution in [0.2, 0.25) is 0 Å². The lowest BCUT2D eigenvalue weighted by molar-refractivity contribution is 0.161. The minimum absolute atomic E-state index is 0.0508. The van der Waals surface area contributed by atoms with Gasteiger partial charge in [-0.2, -0.15) is 5.10 Å². The number of aryl methyl sites for hydroxylation is 2. The molecule has 1 aliphatic heterocycles. The zero-order chi connectivity index (χ0) is 24.4. The SMILES string of the molecule is Cc1cc(N(C)C2CC(C)(C)NC(C)(C)C2)cn2c(=O)cc(-c3ccc4nn(C)cc4c3)nc12. The molecule has 4 aromatic rings. The van der Waals surface area contributed by atoms with Gasteiger partial charge in [-0.25, -0.2) is 4.98 Å². The van der Waals surface area contributed by atoms with Gasteiger partial charge in [0.1, 0.15) is 5.65 Å². The monoisotopic (exact) mass is 458 g/mol. The largest absolute Gasteiger partial charge is 0.370 e. The normalized spacial score (nSPS) is 18.0. The van der Waals surface area contributed by atoms with Gasteiger partial charge in [0.25, 0.3) is 5.56 Å². The predicted octanol–water partition coefficient (Wildman–Crippen LogP) is 4.30. The average molecular weight is 459 g/mol. The van der Waals surface area contributed by atoms with E-state index in [4.69, 9.17) is 4.98 Å². The number of fused-ring (bicyclic) bond motifs is 2. The number of piperidine rings is 1. The van der Waals surface area contributed by atoms with Crippen LogP contribution < -0.4 is 15.8 Å². The molecule has 1 fully saturated rings. The van der Waals surface area contributed by atoms with Gasteiger partial charge in [0.05, 0.1) is 16.9 Å². The van der Waals surface area contributed by atoms with Crippen LogP contribution in [0.5, 0.6) is 0 Å². The molecule has 178 valence electrons. The molecule has 0 radical (unpaired) electrons. The summed E-state index contributed by atoms with van der Waals surface area (Å²) in [6.07, 6.45) is 5.98. The third-order valence-corrected chi connectivity index (χ3v) is 6.97. The number of aromatic nitrogens is 4. The second-order valence-corrected chi connectivity index (χ2v) is 11.2. The van der Waals surface area contributed by atoms with Crippen LogP contribution in [-0.4, -0.2) is 43.3 Å². The van der Waals surface area contributed by atoms with Crippen LogP contribution >= 0.6 is 0 Å². The van der Waals surface area contributed by atoms with Crippen LogP contribution in [0.3, 0.4) is 0 Å². The molecular weight excluding hydrogens is 424 g/mol. The first-order valence-corrected chi connectivity index (χ1v) is 11.9. The van der Waals surface area contributed by atoms with Crippen molar-refractivity contribution in [2.75, 3.05) is 11.9 Å². The topological polar surface area (TPSA) is 67.5 Å². The van der Waals surface area contributed by atoms with E-state index < -0.39 is 0 Å². The van der Waals surface area contributed by atoms with Crippen molar-refractivity contribution in [1.82, 2.24) is 24.5 Å². The molecule has 1 aromatic carbocycles. The van der Waals surface area contributed by atoms with Crippen molar-refractivity contribution in [1.29, 1.82) is 0 Å². The Bertz CT molecular complexity index is 1450. The summed E-state index contributed by atoms with van der Waals surface area (Å²) in [5.41, 5.74) is 5.27. The Morgan fingerprint density at radius 3 is 2.47 bits per heavy atom. The molecule has 0 saturated carbocycles. The van der Waals surface area contributed by atoms with E-state index in [0.29, 0.717) is 17.4 Å². The van der Waals surface area contributed by atoms with E-state index in [9.17, 15) is 4.79 Å². The fourth-order valence-corrected chi connectivity index (χ4v) is 5.75. The summed E-state index contributed by atoms with van der Waals surface area (Å²) >= 11 is 0. The summed E-state index contributed by atoms with van der Waals surface area (Å²) in [6, 6.07) is 10.1. The van der Waals surface area contributed by atoms with Gasteiger partial charge in [0.2, 0.25) is 0 Å². The summed E-state index contributed by atoms with van der Waals surface area (Å²) in [4.78, 5) is 20.4. The van der Waals surface area contributed by atoms with Crippen LogP contribution in [0, 0.1) is 6.92 Å². The van der Waals surface area contributed by atoms with Crippen LogP contribution in [0.15, 0.2) is 47.5 Å². The summed E-state index contributed by atoms with van der Waals surface area (Å²) in [6.45, 7) is 11.1. The van der Waals surface area contributed by atoms with Gasteiger partial charge in [0.15, 0.2) is 0 Å². The second-order valence-electron chi connectivity index (χ2n) is 11.2. The number of anilines is 1. The van der Waals surface area contributed by atoms with Crippen molar-refractivity contribution < 1.29 is 0 Å². The summed E-state index contributed by atoms with van der Waals surface area (Å²) in [7, 11) is 4.04. The fraction of sp³-hybridized carbons (Fsp3) is 0.444. The minimum Gasteiger partial charge on any atom is -0.370 e. The van der Waals surface area contributed by atoms with E-state index in [1.54, 1.807) is 15.1 Å². The average Bonchev–Trinajstić information content (AvgIpc) is 3.10. The van der Waals surface area contributed by atoms with Crippen molar-refractivity contribution >= 4 is 22.2 Å². The van der Waals surface area contributed by atoms with E-state index in [1.807, 2.05) is 44.6 Å². The molecule has 0 amide bonds. The Kier molecular flexibility index (Phi) is 5.09. The first kappa shape index (κ1) is 22.6. The predicted molar refractivity (Wildman–Crippen MR) is 139 cm³/mol. The minimum atomic E-state index is -0.0735. The van der Waals surface area contributed by atoms with E-state index in [2.05, 4.69) is 56.1 Å². The third kappa shape index (κ3) is 4.09. The van der Waals surface area contributed by atoms with Gasteiger partial charge >= 0.3 is 0 Å². The first-order chi connectivity index (χ1) is 15.9. The van der Waals surface area contributed by atoms with Gasteiger partial charge < -0.3 is 10.2 Å². The molecule has 3 aromatic heterocycles. The van der Waals surface area contributed by atoms with Gasteiger partial charge in [-0.15, -0.1) is 0 Å². The zero-order valence-electron chi connectivity index (χ0n) is 21.2. The van der Waals surface area contributed by atoms with E-state index in [1.165, 1.54) is 0 Å². The van der Waals surface area contributed by atoms with Crippen molar-refractivity contribution in [3.63, 3.8) is 0 Å². The molecule has 0 spiro atoms. The number of nitrogens with one attached hydrogen (secondary N) is 1. The van der Waals surface area contributed by atoms with Gasteiger partial charge in [-0.3, -0.25) is 13.9 Å². The molecule has 34 heavy (non-hydrogen) atoms. The maximum Gasteiger partial charge on any atom is 0.258 e. The maximum absolute atomic E-state index is 13.2. The molecule has 1 N–H and O–H groups in total. The van der Waals surface area contributed by atoms with Crippen molar-refractivity contribution in [3.8, 4) is 11.3 Å². The molecule has 1 saturated heterocycles. The fourth-order valence-electron chi connectivity index (χ4n) is 5.75. The lowest BCUT2D eigenvalue weighted by atomic mass is 9.79. The molecule has 0 unspecified atom stereocenters. The molecule has 5 rings (SSSR count). The van der Waals surface area contributed by atoms with Crippen molar-refractivity contribution in [3.05, 3.63) is 58.6 Å². The standard InChI is InChI=1S/C27H34N6O/c1-17-10-20(32(7)21-13-26(2,3)30-27(4,5)14-21)16-33-24(34)12-23(28-25(17)33)18-8-9-22-19(11-18)15-31(6)29-22/h8-12,15-16,21,30H,13-14H2,1-7H3. The van der Waals surface area contributed by atoms with Gasteiger partial charge in [0, 0.05) is 60.6 Å². The lowest BCUT2D eigenvalue weighted by Crippen LogP contribution is -2.61. The van der Waals surface area contributed by atoms with Crippen molar-refractivity contribution in [2.24, 2.45) is 7.05 Å². The molecule has 0 atom stereocenters. The van der Waals surface area contributed by atoms with Crippen LogP contribution in [0.25, 0.3) is 27.8 Å². The number of pyridine rings is 1.